The van der Waals surface area contributed by atoms with Gasteiger partial charge in [0.1, 0.15) is 0 Å². The van der Waals surface area contributed by atoms with Gasteiger partial charge >= 0.3 is 6.18 Å². The molecule has 0 bridgehead atoms. The second-order valence-electron chi connectivity index (χ2n) is 6.48. The molecule has 3 aromatic rings. The third-order valence-electron chi connectivity index (χ3n) is 4.26. The molecular weight excluding hydrogens is 417 g/mol. The molecule has 2 N–H and O–H groups in total. The van der Waals surface area contributed by atoms with E-state index in [0.717, 1.165) is 17.7 Å². The Balaban J connectivity index is 1.75. The molecule has 0 spiro atoms. The third-order valence-corrected chi connectivity index (χ3v) is 5.65. The van der Waals surface area contributed by atoms with Gasteiger partial charge in [0, 0.05) is 11.3 Å². The second-order valence-corrected chi connectivity index (χ2v) is 8.16. The first kappa shape index (κ1) is 21.4. The minimum absolute atomic E-state index is 0.0206. The maximum atomic E-state index is 12.8. The van der Waals surface area contributed by atoms with Crippen LogP contribution < -0.4 is 10.0 Å². The number of nitrogens with one attached hydrogen (secondary N) is 2. The Morgan fingerprint density at radius 3 is 2.20 bits per heavy atom. The minimum atomic E-state index is -4.53. The van der Waals surface area contributed by atoms with Crippen LogP contribution in [0.25, 0.3) is 0 Å². The molecule has 0 aromatic heterocycles. The molecule has 0 unspecified atom stereocenters. The van der Waals surface area contributed by atoms with E-state index in [0.29, 0.717) is 5.69 Å². The first-order valence-electron chi connectivity index (χ1n) is 8.73. The summed E-state index contributed by atoms with van der Waals surface area (Å²) in [7, 11) is -3.87. The maximum absolute atomic E-state index is 12.8. The number of benzene rings is 3. The Bertz CT molecular complexity index is 1170. The molecule has 0 aliphatic heterocycles. The smallest absolute Gasteiger partial charge is 0.322 e. The summed E-state index contributed by atoms with van der Waals surface area (Å²) in [5, 5.41) is 2.37. The van der Waals surface area contributed by atoms with Crippen molar-refractivity contribution in [1.82, 2.24) is 0 Å². The van der Waals surface area contributed by atoms with Crippen LogP contribution in [0.5, 0.6) is 0 Å². The summed E-state index contributed by atoms with van der Waals surface area (Å²) >= 11 is 0. The molecule has 0 aliphatic rings. The summed E-state index contributed by atoms with van der Waals surface area (Å²) in [5.41, 5.74) is 0.376. The zero-order chi connectivity index (χ0) is 21.9. The summed E-state index contributed by atoms with van der Waals surface area (Å²) in [6.45, 7) is 1.76. The van der Waals surface area contributed by atoms with Crippen LogP contribution in [0.3, 0.4) is 0 Å². The van der Waals surface area contributed by atoms with Crippen LogP contribution in [-0.4, -0.2) is 14.3 Å². The molecular formula is C21H17F3N2O3S. The van der Waals surface area contributed by atoms with Crippen LogP contribution in [0.1, 0.15) is 21.5 Å². The molecule has 0 fully saturated rings. The lowest BCUT2D eigenvalue weighted by Gasteiger charge is -2.11. The number of halogens is 3. The summed E-state index contributed by atoms with van der Waals surface area (Å²) in [6, 6.07) is 16.2. The van der Waals surface area contributed by atoms with Crippen molar-refractivity contribution in [1.29, 1.82) is 0 Å². The molecule has 0 heterocycles. The van der Waals surface area contributed by atoms with Crippen molar-refractivity contribution in [3.05, 3.63) is 89.5 Å². The average Bonchev–Trinajstić information content (AvgIpc) is 2.69. The number of hydrogen-bond donors (Lipinski definition) is 2. The highest BCUT2D eigenvalue weighted by Gasteiger charge is 2.30. The molecule has 0 saturated heterocycles. The fourth-order valence-corrected chi connectivity index (χ4v) is 3.78. The number of anilines is 2. The fraction of sp³-hybridized carbons (Fsp3) is 0.0952. The van der Waals surface area contributed by atoms with Crippen molar-refractivity contribution in [2.45, 2.75) is 18.0 Å². The van der Waals surface area contributed by atoms with E-state index in [1.807, 2.05) is 0 Å². The number of carbonyl (C=O) groups excluding carboxylic acids is 1. The van der Waals surface area contributed by atoms with Gasteiger partial charge in [-0.2, -0.15) is 13.2 Å². The summed E-state index contributed by atoms with van der Waals surface area (Å²) in [6.07, 6.45) is -4.53. The van der Waals surface area contributed by atoms with E-state index in [-0.39, 0.29) is 16.1 Å². The predicted octanol–water partition coefficient (Wildman–Crippen LogP) is 5.07. The number of para-hydroxylation sites is 1. The van der Waals surface area contributed by atoms with Crippen LogP contribution >= 0.6 is 0 Å². The van der Waals surface area contributed by atoms with Crippen molar-refractivity contribution in [2.24, 2.45) is 0 Å². The maximum Gasteiger partial charge on any atom is 0.416 e. The lowest BCUT2D eigenvalue weighted by atomic mass is 10.1. The number of amides is 1. The van der Waals surface area contributed by atoms with Gasteiger partial charge in [-0.3, -0.25) is 9.52 Å². The van der Waals surface area contributed by atoms with E-state index in [1.54, 1.807) is 31.2 Å². The molecule has 156 valence electrons. The molecule has 3 rings (SSSR count). The van der Waals surface area contributed by atoms with Crippen LogP contribution in [0, 0.1) is 6.92 Å². The SMILES string of the molecule is Cc1ccccc1NS(=O)(=O)c1ccc(C(=O)Nc2cccc(C(F)(F)F)c2)cc1. The highest BCUT2D eigenvalue weighted by Crippen LogP contribution is 2.30. The van der Waals surface area contributed by atoms with Crippen molar-refractivity contribution >= 4 is 27.3 Å². The predicted molar refractivity (Wildman–Crippen MR) is 108 cm³/mol. The zero-order valence-electron chi connectivity index (χ0n) is 15.7. The number of hydrogen-bond acceptors (Lipinski definition) is 3. The fourth-order valence-electron chi connectivity index (χ4n) is 2.65. The van der Waals surface area contributed by atoms with Gasteiger partial charge in [0.2, 0.25) is 0 Å². The number of carbonyl (C=O) groups is 1. The Morgan fingerprint density at radius 1 is 0.900 bits per heavy atom. The van der Waals surface area contributed by atoms with Gasteiger partial charge in [0.05, 0.1) is 16.1 Å². The van der Waals surface area contributed by atoms with Gasteiger partial charge in [-0.15, -0.1) is 0 Å². The Hall–Kier alpha value is -3.33. The van der Waals surface area contributed by atoms with E-state index >= 15 is 0 Å². The lowest BCUT2D eigenvalue weighted by Crippen LogP contribution is -2.15. The highest BCUT2D eigenvalue weighted by atomic mass is 32.2. The molecule has 0 radical (unpaired) electrons. The summed E-state index contributed by atoms with van der Waals surface area (Å²) in [5.74, 6) is -0.662. The molecule has 0 aliphatic carbocycles. The summed E-state index contributed by atoms with van der Waals surface area (Å²) < 4.78 is 65.9. The number of rotatable bonds is 5. The van der Waals surface area contributed by atoms with Crippen molar-refractivity contribution in [2.75, 3.05) is 10.0 Å². The zero-order valence-corrected chi connectivity index (χ0v) is 16.5. The quantitative estimate of drug-likeness (QED) is 0.589. The lowest BCUT2D eigenvalue weighted by molar-refractivity contribution is -0.137. The van der Waals surface area contributed by atoms with Crippen molar-refractivity contribution in [3.63, 3.8) is 0 Å². The Kier molecular flexibility index (Phi) is 5.84. The number of aryl methyl sites for hydroxylation is 1. The second kappa shape index (κ2) is 8.19. The standard InChI is InChI=1S/C21H17F3N2O3S/c1-14-5-2-3-8-19(14)26-30(28,29)18-11-9-15(10-12-18)20(27)25-17-7-4-6-16(13-17)21(22,23)24/h2-13,26H,1H3,(H,25,27). The van der Waals surface area contributed by atoms with E-state index < -0.39 is 27.7 Å². The number of sulfonamides is 1. The van der Waals surface area contributed by atoms with Crippen LogP contribution in [0.15, 0.2) is 77.7 Å². The van der Waals surface area contributed by atoms with Gasteiger partial charge in [0.25, 0.3) is 15.9 Å². The van der Waals surface area contributed by atoms with Gasteiger partial charge in [-0.05, 0) is 61.0 Å². The highest BCUT2D eigenvalue weighted by molar-refractivity contribution is 7.92. The number of alkyl halides is 3. The largest absolute Gasteiger partial charge is 0.416 e. The van der Waals surface area contributed by atoms with Crippen LogP contribution in [0.2, 0.25) is 0 Å². The molecule has 3 aromatic carbocycles. The van der Waals surface area contributed by atoms with E-state index in [2.05, 4.69) is 10.0 Å². The molecule has 0 atom stereocenters. The van der Waals surface area contributed by atoms with E-state index in [4.69, 9.17) is 0 Å². The van der Waals surface area contributed by atoms with Gasteiger partial charge < -0.3 is 5.32 Å². The molecule has 0 saturated carbocycles. The normalized spacial score (nSPS) is 11.7. The topological polar surface area (TPSA) is 75.3 Å². The monoisotopic (exact) mass is 434 g/mol. The van der Waals surface area contributed by atoms with Gasteiger partial charge in [-0.1, -0.05) is 24.3 Å². The van der Waals surface area contributed by atoms with Crippen LogP contribution in [-0.2, 0) is 16.2 Å². The van der Waals surface area contributed by atoms with Crippen molar-refractivity contribution in [3.8, 4) is 0 Å². The summed E-state index contributed by atoms with van der Waals surface area (Å²) in [4.78, 5) is 12.3. The Morgan fingerprint density at radius 2 is 1.57 bits per heavy atom. The van der Waals surface area contributed by atoms with Gasteiger partial charge in [0.15, 0.2) is 0 Å². The molecule has 9 heteroatoms. The van der Waals surface area contributed by atoms with E-state index in [9.17, 15) is 26.4 Å². The minimum Gasteiger partial charge on any atom is -0.322 e. The van der Waals surface area contributed by atoms with Crippen molar-refractivity contribution < 1.29 is 26.4 Å². The van der Waals surface area contributed by atoms with Crippen LogP contribution in [0.4, 0.5) is 24.5 Å². The molecule has 30 heavy (non-hydrogen) atoms. The first-order chi connectivity index (χ1) is 14.1. The third kappa shape index (κ3) is 4.98. The first-order valence-corrected chi connectivity index (χ1v) is 10.2. The van der Waals surface area contributed by atoms with E-state index in [1.165, 1.54) is 36.4 Å². The average molecular weight is 434 g/mol. The van der Waals surface area contributed by atoms with Gasteiger partial charge in [-0.25, -0.2) is 8.42 Å². The Labute approximate surface area is 171 Å². The molecule has 5 nitrogen and oxygen atoms in total. The molecule has 1 amide bonds.